The average Bonchev–Trinajstić information content (AvgIpc) is 2.32. The van der Waals surface area contributed by atoms with Gasteiger partial charge < -0.3 is 9.47 Å². The van der Waals surface area contributed by atoms with Crippen LogP contribution in [-0.2, 0) is 4.74 Å². The van der Waals surface area contributed by atoms with E-state index in [1.165, 1.54) is 12.1 Å². The van der Waals surface area contributed by atoms with Crippen molar-refractivity contribution in [1.82, 2.24) is 0 Å². The Morgan fingerprint density at radius 3 is 2.89 bits per heavy atom. The van der Waals surface area contributed by atoms with E-state index in [0.717, 1.165) is 12.8 Å². The van der Waals surface area contributed by atoms with Crippen LogP contribution < -0.4 is 4.74 Å². The molecule has 5 heteroatoms. The van der Waals surface area contributed by atoms with Crippen LogP contribution in [0.5, 0.6) is 5.75 Å². The van der Waals surface area contributed by atoms with E-state index < -0.39 is 0 Å². The SMILES string of the molecule is CCCOC1C(Cl)CC1Oc1ccc(F)cc1Br. The van der Waals surface area contributed by atoms with Crippen molar-refractivity contribution in [2.24, 2.45) is 0 Å². The zero-order valence-corrected chi connectivity index (χ0v) is 12.4. The third-order valence-corrected chi connectivity index (χ3v) is 3.91. The standard InChI is InChI=1S/C13H15BrClFO2/c1-2-5-17-13-10(15)7-12(13)18-11-4-3-8(16)6-9(11)14/h3-4,6,10,12-13H,2,5,7H2,1H3. The quantitative estimate of drug-likeness (QED) is 0.752. The molecule has 1 saturated carbocycles. The van der Waals surface area contributed by atoms with Crippen LogP contribution in [0.4, 0.5) is 4.39 Å². The molecule has 0 spiro atoms. The minimum absolute atomic E-state index is 0.000717. The van der Waals surface area contributed by atoms with Gasteiger partial charge in [-0.1, -0.05) is 6.92 Å². The summed E-state index contributed by atoms with van der Waals surface area (Å²) in [6, 6.07) is 4.37. The molecule has 2 rings (SSSR count). The van der Waals surface area contributed by atoms with Crippen molar-refractivity contribution >= 4 is 27.5 Å². The van der Waals surface area contributed by atoms with E-state index in [2.05, 4.69) is 15.9 Å². The van der Waals surface area contributed by atoms with E-state index in [1.54, 1.807) is 6.07 Å². The molecule has 2 nitrogen and oxygen atoms in total. The molecule has 0 aromatic heterocycles. The zero-order valence-electron chi connectivity index (χ0n) is 10.0. The van der Waals surface area contributed by atoms with Crippen molar-refractivity contribution in [3.63, 3.8) is 0 Å². The van der Waals surface area contributed by atoms with Crippen molar-refractivity contribution in [3.05, 3.63) is 28.5 Å². The Labute approximate surface area is 120 Å². The summed E-state index contributed by atoms with van der Waals surface area (Å²) in [6.45, 7) is 2.73. The first-order chi connectivity index (χ1) is 8.61. The van der Waals surface area contributed by atoms with Gasteiger partial charge in [0.05, 0.1) is 9.85 Å². The smallest absolute Gasteiger partial charge is 0.134 e. The fraction of sp³-hybridized carbons (Fsp3) is 0.538. The molecule has 0 amide bonds. The molecule has 18 heavy (non-hydrogen) atoms. The lowest BCUT2D eigenvalue weighted by atomic mass is 9.91. The largest absolute Gasteiger partial charge is 0.486 e. The summed E-state index contributed by atoms with van der Waals surface area (Å²) in [5, 5.41) is 0.000717. The predicted molar refractivity (Wildman–Crippen MR) is 72.8 cm³/mol. The van der Waals surface area contributed by atoms with E-state index >= 15 is 0 Å². The molecule has 0 radical (unpaired) electrons. The molecular weight excluding hydrogens is 322 g/mol. The molecule has 1 aliphatic rings. The van der Waals surface area contributed by atoms with Crippen LogP contribution in [0.2, 0.25) is 0 Å². The predicted octanol–water partition coefficient (Wildman–Crippen LogP) is 4.14. The lowest BCUT2D eigenvalue weighted by Gasteiger charge is -2.40. The number of hydrogen-bond donors (Lipinski definition) is 0. The minimum Gasteiger partial charge on any atom is -0.486 e. The van der Waals surface area contributed by atoms with Gasteiger partial charge in [0, 0.05) is 13.0 Å². The maximum absolute atomic E-state index is 13.0. The summed E-state index contributed by atoms with van der Waals surface area (Å²) in [5.74, 6) is 0.326. The normalized spacial score (nSPS) is 26.8. The van der Waals surface area contributed by atoms with Gasteiger partial charge in [-0.05, 0) is 40.5 Å². The van der Waals surface area contributed by atoms with Gasteiger partial charge in [0.2, 0.25) is 0 Å². The van der Waals surface area contributed by atoms with Crippen LogP contribution in [0.25, 0.3) is 0 Å². The molecule has 1 aliphatic carbocycles. The highest BCUT2D eigenvalue weighted by molar-refractivity contribution is 9.10. The Morgan fingerprint density at radius 1 is 1.50 bits per heavy atom. The molecule has 100 valence electrons. The molecule has 1 aromatic carbocycles. The van der Waals surface area contributed by atoms with Gasteiger partial charge in [0.25, 0.3) is 0 Å². The van der Waals surface area contributed by atoms with Crippen LogP contribution in [-0.4, -0.2) is 24.2 Å². The molecule has 0 heterocycles. The molecule has 3 atom stereocenters. The molecule has 0 N–H and O–H groups in total. The maximum Gasteiger partial charge on any atom is 0.134 e. The fourth-order valence-corrected chi connectivity index (χ4v) is 2.70. The van der Waals surface area contributed by atoms with E-state index in [0.29, 0.717) is 16.8 Å². The molecule has 1 aromatic rings. The topological polar surface area (TPSA) is 18.5 Å². The number of ether oxygens (including phenoxy) is 2. The van der Waals surface area contributed by atoms with Gasteiger partial charge in [-0.25, -0.2) is 4.39 Å². The number of hydrogen-bond acceptors (Lipinski definition) is 2. The third kappa shape index (κ3) is 3.16. The van der Waals surface area contributed by atoms with Crippen LogP contribution in [0.15, 0.2) is 22.7 Å². The molecule has 0 saturated heterocycles. The van der Waals surface area contributed by atoms with Crippen LogP contribution in [0.3, 0.4) is 0 Å². The molecule has 0 aliphatic heterocycles. The first-order valence-electron chi connectivity index (χ1n) is 5.99. The molecule has 1 fully saturated rings. The first kappa shape index (κ1) is 14.1. The summed E-state index contributed by atoms with van der Waals surface area (Å²) >= 11 is 9.38. The van der Waals surface area contributed by atoms with E-state index in [4.69, 9.17) is 21.1 Å². The van der Waals surface area contributed by atoms with Gasteiger partial charge in [0.15, 0.2) is 0 Å². The highest BCUT2D eigenvalue weighted by Crippen LogP contribution is 2.35. The number of benzene rings is 1. The van der Waals surface area contributed by atoms with Gasteiger partial charge in [0.1, 0.15) is 23.8 Å². The fourth-order valence-electron chi connectivity index (χ4n) is 1.84. The maximum atomic E-state index is 13.0. The van der Waals surface area contributed by atoms with Crippen molar-refractivity contribution in [3.8, 4) is 5.75 Å². The summed E-state index contributed by atoms with van der Waals surface area (Å²) < 4.78 is 25.0. The summed E-state index contributed by atoms with van der Waals surface area (Å²) in [4.78, 5) is 0. The van der Waals surface area contributed by atoms with Crippen LogP contribution >= 0.6 is 27.5 Å². The Hall–Kier alpha value is -0.320. The van der Waals surface area contributed by atoms with Crippen molar-refractivity contribution in [1.29, 1.82) is 0 Å². The van der Waals surface area contributed by atoms with Crippen LogP contribution in [0.1, 0.15) is 19.8 Å². The highest BCUT2D eigenvalue weighted by Gasteiger charge is 2.42. The monoisotopic (exact) mass is 336 g/mol. The summed E-state index contributed by atoms with van der Waals surface area (Å²) in [7, 11) is 0. The molecular formula is C13H15BrClFO2. The Morgan fingerprint density at radius 2 is 2.28 bits per heavy atom. The van der Waals surface area contributed by atoms with Gasteiger partial charge in [-0.2, -0.15) is 0 Å². The van der Waals surface area contributed by atoms with E-state index in [9.17, 15) is 4.39 Å². The third-order valence-electron chi connectivity index (χ3n) is 2.87. The summed E-state index contributed by atoms with van der Waals surface area (Å²) in [5.41, 5.74) is 0. The average molecular weight is 338 g/mol. The summed E-state index contributed by atoms with van der Waals surface area (Å²) in [6.07, 6.45) is 1.57. The Kier molecular flexibility index (Phi) is 4.87. The highest BCUT2D eigenvalue weighted by atomic mass is 79.9. The van der Waals surface area contributed by atoms with Gasteiger partial charge >= 0.3 is 0 Å². The lowest BCUT2D eigenvalue weighted by molar-refractivity contribution is -0.0800. The molecule has 3 unspecified atom stereocenters. The zero-order chi connectivity index (χ0) is 13.1. The number of halogens is 3. The second-order valence-electron chi connectivity index (χ2n) is 4.32. The van der Waals surface area contributed by atoms with Gasteiger partial charge in [-0.3, -0.25) is 0 Å². The Bertz CT molecular complexity index is 416. The lowest BCUT2D eigenvalue weighted by Crippen LogP contribution is -2.52. The second kappa shape index (κ2) is 6.22. The minimum atomic E-state index is -0.295. The van der Waals surface area contributed by atoms with E-state index in [-0.39, 0.29) is 23.4 Å². The Balaban J connectivity index is 1.96. The van der Waals surface area contributed by atoms with Crippen molar-refractivity contribution in [2.75, 3.05) is 6.61 Å². The molecule has 0 bridgehead atoms. The number of rotatable bonds is 5. The number of alkyl halides is 1. The second-order valence-corrected chi connectivity index (χ2v) is 5.73. The van der Waals surface area contributed by atoms with Crippen molar-refractivity contribution < 1.29 is 13.9 Å². The van der Waals surface area contributed by atoms with E-state index in [1.807, 2.05) is 6.92 Å². The first-order valence-corrected chi connectivity index (χ1v) is 7.22. The van der Waals surface area contributed by atoms with Crippen LogP contribution in [0, 0.1) is 5.82 Å². The van der Waals surface area contributed by atoms with Crippen molar-refractivity contribution in [2.45, 2.75) is 37.4 Å². The van der Waals surface area contributed by atoms with Gasteiger partial charge in [-0.15, -0.1) is 11.6 Å².